The van der Waals surface area contributed by atoms with Crippen LogP contribution in [0.15, 0.2) is 0 Å². The van der Waals surface area contributed by atoms with Crippen molar-refractivity contribution >= 4 is 0 Å². The summed E-state index contributed by atoms with van der Waals surface area (Å²) in [7, 11) is 0. The zero-order chi connectivity index (χ0) is 11.1. The molecule has 0 bridgehead atoms. The summed E-state index contributed by atoms with van der Waals surface area (Å²) in [6.07, 6.45) is 5.99. The van der Waals surface area contributed by atoms with Crippen LogP contribution >= 0.6 is 0 Å². The highest BCUT2D eigenvalue weighted by Gasteiger charge is 2.56. The van der Waals surface area contributed by atoms with Gasteiger partial charge in [-0.05, 0) is 42.6 Å². The first-order valence-corrected chi connectivity index (χ1v) is 6.79. The zero-order valence-electron chi connectivity index (χ0n) is 10.8. The van der Waals surface area contributed by atoms with Crippen molar-refractivity contribution in [3.05, 3.63) is 0 Å². The lowest BCUT2D eigenvalue weighted by Crippen LogP contribution is -2.42. The Bertz CT molecular complexity index is 204. The molecule has 1 nitrogen and oxygen atoms in total. The van der Waals surface area contributed by atoms with Crippen molar-refractivity contribution in [2.24, 2.45) is 23.2 Å². The van der Waals surface area contributed by atoms with Crippen LogP contribution in [0.3, 0.4) is 0 Å². The summed E-state index contributed by atoms with van der Waals surface area (Å²) in [6.45, 7) is 10.5. The average Bonchev–Trinajstić information content (AvgIpc) is 2.86. The van der Waals surface area contributed by atoms with Gasteiger partial charge in [-0.2, -0.15) is 0 Å². The molecule has 2 fully saturated rings. The van der Waals surface area contributed by atoms with Crippen LogP contribution in [0.2, 0.25) is 0 Å². The van der Waals surface area contributed by atoms with E-state index in [9.17, 15) is 0 Å². The highest BCUT2D eigenvalue weighted by atomic mass is 15.0. The molecule has 0 spiro atoms. The lowest BCUT2D eigenvalue weighted by atomic mass is 9.82. The van der Waals surface area contributed by atoms with Gasteiger partial charge in [0.1, 0.15) is 0 Å². The molecule has 0 aromatic carbocycles. The van der Waals surface area contributed by atoms with Gasteiger partial charge in [-0.1, -0.05) is 40.5 Å². The largest absolute Gasteiger partial charge is 0.313 e. The second-order valence-corrected chi connectivity index (χ2v) is 6.59. The molecule has 3 atom stereocenters. The van der Waals surface area contributed by atoms with Crippen molar-refractivity contribution in [1.29, 1.82) is 0 Å². The third-order valence-electron chi connectivity index (χ3n) is 4.46. The molecule has 2 saturated carbocycles. The first kappa shape index (κ1) is 11.4. The van der Waals surface area contributed by atoms with Gasteiger partial charge in [0.05, 0.1) is 0 Å². The Morgan fingerprint density at radius 1 is 1.13 bits per heavy atom. The minimum Gasteiger partial charge on any atom is -0.313 e. The van der Waals surface area contributed by atoms with E-state index in [-0.39, 0.29) is 0 Å². The van der Waals surface area contributed by atoms with E-state index in [0.29, 0.717) is 5.41 Å². The van der Waals surface area contributed by atoms with Crippen LogP contribution < -0.4 is 5.32 Å². The fourth-order valence-electron chi connectivity index (χ4n) is 3.78. The third-order valence-corrected chi connectivity index (χ3v) is 4.46. The number of fused-ring (bicyclic) bond motifs is 1. The van der Waals surface area contributed by atoms with Crippen LogP contribution in [0.25, 0.3) is 0 Å². The molecule has 0 heterocycles. The molecule has 2 rings (SSSR count). The maximum atomic E-state index is 3.74. The lowest BCUT2D eigenvalue weighted by Gasteiger charge is -2.32. The summed E-state index contributed by atoms with van der Waals surface area (Å²) in [5.41, 5.74) is 0.429. The summed E-state index contributed by atoms with van der Waals surface area (Å²) in [5, 5.41) is 3.74. The maximum Gasteiger partial charge on any atom is 0.0149 e. The number of hydrogen-bond donors (Lipinski definition) is 1. The molecule has 0 radical (unpaired) electrons. The predicted octanol–water partition coefficient (Wildman–Crippen LogP) is 3.45. The van der Waals surface area contributed by atoms with Gasteiger partial charge in [0.2, 0.25) is 0 Å². The Labute approximate surface area is 95.0 Å². The summed E-state index contributed by atoms with van der Waals surface area (Å²) < 4.78 is 0. The first-order chi connectivity index (χ1) is 7.05. The van der Waals surface area contributed by atoms with Crippen molar-refractivity contribution in [3.8, 4) is 0 Å². The average molecular weight is 209 g/mol. The molecule has 2 aliphatic carbocycles. The number of rotatable bonds is 3. The van der Waals surface area contributed by atoms with E-state index in [4.69, 9.17) is 0 Å². The Balaban J connectivity index is 2.00. The maximum absolute atomic E-state index is 3.74. The smallest absolute Gasteiger partial charge is 0.0149 e. The van der Waals surface area contributed by atoms with Crippen LogP contribution in [-0.4, -0.2) is 12.6 Å². The van der Waals surface area contributed by atoms with Gasteiger partial charge in [0, 0.05) is 6.04 Å². The molecule has 2 aliphatic rings. The SMILES string of the molecule is CCNC(C1C2CCCCC21)C(C)(C)C. The van der Waals surface area contributed by atoms with Crippen molar-refractivity contribution in [3.63, 3.8) is 0 Å². The topological polar surface area (TPSA) is 12.0 Å². The Morgan fingerprint density at radius 3 is 2.07 bits per heavy atom. The summed E-state index contributed by atoms with van der Waals surface area (Å²) in [4.78, 5) is 0. The molecule has 0 aromatic heterocycles. The van der Waals surface area contributed by atoms with Crippen molar-refractivity contribution in [1.82, 2.24) is 5.32 Å². The quantitative estimate of drug-likeness (QED) is 0.750. The third kappa shape index (κ3) is 2.22. The molecule has 15 heavy (non-hydrogen) atoms. The lowest BCUT2D eigenvalue weighted by molar-refractivity contribution is 0.231. The molecule has 3 unspecified atom stereocenters. The van der Waals surface area contributed by atoms with Gasteiger partial charge >= 0.3 is 0 Å². The fourth-order valence-corrected chi connectivity index (χ4v) is 3.78. The molecule has 1 heteroatoms. The van der Waals surface area contributed by atoms with Crippen LogP contribution in [0.5, 0.6) is 0 Å². The van der Waals surface area contributed by atoms with Crippen LogP contribution in [-0.2, 0) is 0 Å². The first-order valence-electron chi connectivity index (χ1n) is 6.79. The molecule has 0 aliphatic heterocycles. The van der Waals surface area contributed by atoms with E-state index in [1.54, 1.807) is 0 Å². The molecule has 0 saturated heterocycles. The van der Waals surface area contributed by atoms with Gasteiger partial charge in [-0.3, -0.25) is 0 Å². The molecule has 88 valence electrons. The normalized spacial score (nSPS) is 37.2. The molecule has 1 N–H and O–H groups in total. The van der Waals surface area contributed by atoms with E-state index >= 15 is 0 Å². The standard InChI is InChI=1S/C14H27N/c1-5-15-13(14(2,3)4)12-10-8-6-7-9-11(10)12/h10-13,15H,5-9H2,1-4H3. The second-order valence-electron chi connectivity index (χ2n) is 6.59. The van der Waals surface area contributed by atoms with E-state index in [1.807, 2.05) is 0 Å². The zero-order valence-corrected chi connectivity index (χ0v) is 10.8. The summed E-state index contributed by atoms with van der Waals surface area (Å²) in [6, 6.07) is 0.746. The Hall–Kier alpha value is -0.0400. The van der Waals surface area contributed by atoms with E-state index in [2.05, 4.69) is 33.0 Å². The summed E-state index contributed by atoms with van der Waals surface area (Å²) in [5.74, 6) is 3.14. The molecule has 0 amide bonds. The van der Waals surface area contributed by atoms with Gasteiger partial charge in [0.25, 0.3) is 0 Å². The van der Waals surface area contributed by atoms with Crippen molar-refractivity contribution in [2.75, 3.05) is 6.54 Å². The minimum atomic E-state index is 0.429. The van der Waals surface area contributed by atoms with E-state index in [0.717, 1.165) is 30.3 Å². The van der Waals surface area contributed by atoms with Crippen molar-refractivity contribution in [2.45, 2.75) is 59.4 Å². The highest BCUT2D eigenvalue weighted by Crippen LogP contribution is 2.59. The van der Waals surface area contributed by atoms with Crippen molar-refractivity contribution < 1.29 is 0 Å². The predicted molar refractivity (Wildman–Crippen MR) is 65.9 cm³/mol. The van der Waals surface area contributed by atoms with Crippen LogP contribution in [0.4, 0.5) is 0 Å². The number of hydrogen-bond acceptors (Lipinski definition) is 1. The second kappa shape index (κ2) is 4.08. The van der Waals surface area contributed by atoms with Gasteiger partial charge in [-0.15, -0.1) is 0 Å². The fraction of sp³-hybridized carbons (Fsp3) is 1.00. The van der Waals surface area contributed by atoms with Gasteiger partial charge in [-0.25, -0.2) is 0 Å². The number of nitrogens with one attached hydrogen (secondary N) is 1. The molecule has 0 aromatic rings. The highest BCUT2D eigenvalue weighted by molar-refractivity contribution is 5.07. The van der Waals surface area contributed by atoms with E-state index < -0.39 is 0 Å². The van der Waals surface area contributed by atoms with Gasteiger partial charge in [0.15, 0.2) is 0 Å². The van der Waals surface area contributed by atoms with Crippen LogP contribution in [0.1, 0.15) is 53.4 Å². The Morgan fingerprint density at radius 2 is 1.67 bits per heavy atom. The minimum absolute atomic E-state index is 0.429. The monoisotopic (exact) mass is 209 g/mol. The summed E-state index contributed by atoms with van der Waals surface area (Å²) >= 11 is 0. The Kier molecular flexibility index (Phi) is 3.12. The van der Waals surface area contributed by atoms with Crippen LogP contribution in [0, 0.1) is 23.2 Å². The molecular weight excluding hydrogens is 182 g/mol. The molecular formula is C14H27N. The van der Waals surface area contributed by atoms with Gasteiger partial charge < -0.3 is 5.32 Å². The van der Waals surface area contributed by atoms with E-state index in [1.165, 1.54) is 25.7 Å².